The van der Waals surface area contributed by atoms with Gasteiger partial charge in [-0.15, -0.1) is 0 Å². The highest BCUT2D eigenvalue weighted by molar-refractivity contribution is 4.49. The van der Waals surface area contributed by atoms with Gasteiger partial charge in [-0.25, -0.2) is 0 Å². The molecule has 0 fully saturated rings. The van der Waals surface area contributed by atoms with Crippen LogP contribution in [0.15, 0.2) is 0 Å². The lowest BCUT2D eigenvalue weighted by Crippen LogP contribution is -2.27. The molecule has 0 amide bonds. The average molecular weight is 178 g/mol. The first-order chi connectivity index (χ1) is 5.60. The number of aliphatic hydroxyl groups is 2. The summed E-state index contributed by atoms with van der Waals surface area (Å²) in [5, 5.41) is 17.3. The van der Waals surface area contributed by atoms with Gasteiger partial charge in [-0.1, -0.05) is 0 Å². The molecule has 0 aromatic heterocycles. The van der Waals surface area contributed by atoms with Crippen LogP contribution < -0.4 is 0 Å². The average Bonchev–Trinajstić information content (AvgIpc) is 2.03. The summed E-state index contributed by atoms with van der Waals surface area (Å²) in [4.78, 5) is 0. The fraction of sp³-hybridized carbons (Fsp3) is 1.00. The van der Waals surface area contributed by atoms with E-state index >= 15 is 0 Å². The third kappa shape index (κ3) is 5.49. The monoisotopic (exact) mass is 178 g/mol. The van der Waals surface area contributed by atoms with Crippen LogP contribution >= 0.6 is 0 Å². The van der Waals surface area contributed by atoms with E-state index in [-0.39, 0.29) is 25.4 Å². The summed E-state index contributed by atoms with van der Waals surface area (Å²) >= 11 is 0. The van der Waals surface area contributed by atoms with Crippen molar-refractivity contribution in [1.82, 2.24) is 0 Å². The number of hydrogen-bond acceptors (Lipinski definition) is 4. The first-order valence-corrected chi connectivity index (χ1v) is 4.12. The molecule has 2 N–H and O–H groups in total. The topological polar surface area (TPSA) is 58.9 Å². The molecule has 74 valence electrons. The molecular formula is C8H18O4. The normalized spacial score (nSPS) is 18.8. The highest BCUT2D eigenvalue weighted by Crippen LogP contribution is 2.02. The Morgan fingerprint density at radius 2 is 1.25 bits per heavy atom. The molecule has 0 spiro atoms. The zero-order chi connectivity index (χ0) is 9.56. The summed E-state index contributed by atoms with van der Waals surface area (Å²) in [5.41, 5.74) is 0. The Morgan fingerprint density at radius 3 is 1.50 bits per heavy atom. The molecule has 0 saturated heterocycles. The highest BCUT2D eigenvalue weighted by atomic mass is 16.7. The van der Waals surface area contributed by atoms with Gasteiger partial charge in [0.1, 0.15) is 0 Å². The Kier molecular flexibility index (Phi) is 6.28. The predicted molar refractivity (Wildman–Crippen MR) is 44.7 cm³/mol. The maximum absolute atomic E-state index is 8.65. The summed E-state index contributed by atoms with van der Waals surface area (Å²) in [7, 11) is 0. The lowest BCUT2D eigenvalue weighted by molar-refractivity contribution is -0.189. The van der Waals surface area contributed by atoms with Crippen LogP contribution in [0, 0.1) is 0 Å². The number of ether oxygens (including phenoxy) is 2. The fourth-order valence-electron chi connectivity index (χ4n) is 0.772. The second-order valence-electron chi connectivity index (χ2n) is 2.83. The molecule has 4 nitrogen and oxygen atoms in total. The van der Waals surface area contributed by atoms with Gasteiger partial charge in [0, 0.05) is 0 Å². The van der Waals surface area contributed by atoms with Crippen LogP contribution in [-0.2, 0) is 9.47 Å². The Morgan fingerprint density at radius 1 is 0.917 bits per heavy atom. The van der Waals surface area contributed by atoms with Crippen molar-refractivity contribution < 1.29 is 19.7 Å². The number of hydrogen-bond donors (Lipinski definition) is 2. The van der Waals surface area contributed by atoms with Crippen molar-refractivity contribution in [2.75, 3.05) is 13.2 Å². The van der Waals surface area contributed by atoms with Crippen molar-refractivity contribution in [2.45, 2.75) is 39.3 Å². The largest absolute Gasteiger partial charge is 0.394 e. The van der Waals surface area contributed by atoms with Crippen LogP contribution in [0.1, 0.15) is 20.8 Å². The van der Waals surface area contributed by atoms with Gasteiger partial charge >= 0.3 is 0 Å². The molecule has 0 radical (unpaired) electrons. The van der Waals surface area contributed by atoms with Gasteiger partial charge in [-0.05, 0) is 20.8 Å². The molecule has 2 atom stereocenters. The summed E-state index contributed by atoms with van der Waals surface area (Å²) in [6, 6.07) is 0. The van der Waals surface area contributed by atoms with E-state index in [1.54, 1.807) is 20.8 Å². The minimum Gasteiger partial charge on any atom is -0.394 e. The Bertz CT molecular complexity index is 95.2. The molecule has 0 rings (SSSR count). The van der Waals surface area contributed by atoms with Crippen LogP contribution in [0.4, 0.5) is 0 Å². The van der Waals surface area contributed by atoms with Crippen molar-refractivity contribution in [3.63, 3.8) is 0 Å². The second-order valence-corrected chi connectivity index (χ2v) is 2.83. The van der Waals surface area contributed by atoms with Crippen molar-refractivity contribution in [3.05, 3.63) is 0 Å². The maximum Gasteiger partial charge on any atom is 0.155 e. The standard InChI is InChI=1S/C8H18O4/c1-6(4-9)11-8(3)12-7(2)5-10/h6-10H,4-5H2,1-3H3. The van der Waals surface area contributed by atoms with Gasteiger partial charge < -0.3 is 19.7 Å². The zero-order valence-electron chi connectivity index (χ0n) is 7.86. The summed E-state index contributed by atoms with van der Waals surface area (Å²) in [5.74, 6) is 0. The van der Waals surface area contributed by atoms with Gasteiger partial charge in [0.05, 0.1) is 25.4 Å². The molecule has 0 saturated carbocycles. The molecular weight excluding hydrogens is 160 g/mol. The van der Waals surface area contributed by atoms with Crippen LogP contribution in [-0.4, -0.2) is 41.9 Å². The maximum atomic E-state index is 8.65. The Balaban J connectivity index is 3.51. The van der Waals surface area contributed by atoms with Crippen LogP contribution in [0.25, 0.3) is 0 Å². The lowest BCUT2D eigenvalue weighted by Gasteiger charge is -2.20. The van der Waals surface area contributed by atoms with E-state index in [2.05, 4.69) is 0 Å². The van der Waals surface area contributed by atoms with E-state index in [1.807, 2.05) is 0 Å². The summed E-state index contributed by atoms with van der Waals surface area (Å²) in [6.45, 7) is 5.19. The Hall–Kier alpha value is -0.160. The van der Waals surface area contributed by atoms with Crippen molar-refractivity contribution in [2.24, 2.45) is 0 Å². The van der Waals surface area contributed by atoms with Gasteiger partial charge in [0.2, 0.25) is 0 Å². The van der Waals surface area contributed by atoms with Crippen LogP contribution in [0.2, 0.25) is 0 Å². The zero-order valence-corrected chi connectivity index (χ0v) is 7.86. The molecule has 0 bridgehead atoms. The minimum atomic E-state index is -0.394. The molecule has 4 heteroatoms. The fourth-order valence-corrected chi connectivity index (χ4v) is 0.772. The van der Waals surface area contributed by atoms with E-state index in [9.17, 15) is 0 Å². The SMILES string of the molecule is CC(CO)OC(C)OC(C)CO. The molecule has 12 heavy (non-hydrogen) atoms. The van der Waals surface area contributed by atoms with Gasteiger partial charge in [-0.2, -0.15) is 0 Å². The van der Waals surface area contributed by atoms with Crippen molar-refractivity contribution in [3.8, 4) is 0 Å². The van der Waals surface area contributed by atoms with E-state index < -0.39 is 6.29 Å². The van der Waals surface area contributed by atoms with Gasteiger partial charge in [0.25, 0.3) is 0 Å². The van der Waals surface area contributed by atoms with Crippen LogP contribution in [0.3, 0.4) is 0 Å². The molecule has 0 aliphatic rings. The van der Waals surface area contributed by atoms with Crippen molar-refractivity contribution >= 4 is 0 Å². The smallest absolute Gasteiger partial charge is 0.155 e. The second kappa shape index (κ2) is 6.37. The summed E-state index contributed by atoms with van der Waals surface area (Å²) < 4.78 is 10.4. The molecule has 0 aliphatic heterocycles. The lowest BCUT2D eigenvalue weighted by atomic mass is 10.4. The third-order valence-electron chi connectivity index (χ3n) is 1.36. The van der Waals surface area contributed by atoms with Crippen molar-refractivity contribution in [1.29, 1.82) is 0 Å². The molecule has 2 unspecified atom stereocenters. The first kappa shape index (κ1) is 11.8. The molecule has 0 aliphatic carbocycles. The molecule has 0 heterocycles. The third-order valence-corrected chi connectivity index (χ3v) is 1.36. The van der Waals surface area contributed by atoms with Crippen LogP contribution in [0.5, 0.6) is 0 Å². The van der Waals surface area contributed by atoms with Gasteiger partial charge in [-0.3, -0.25) is 0 Å². The molecule has 0 aromatic carbocycles. The highest BCUT2D eigenvalue weighted by Gasteiger charge is 2.10. The van der Waals surface area contributed by atoms with E-state index in [4.69, 9.17) is 19.7 Å². The number of aliphatic hydroxyl groups excluding tert-OH is 2. The number of rotatable bonds is 6. The predicted octanol–water partition coefficient (Wildman–Crippen LogP) is 0.127. The van der Waals surface area contributed by atoms with E-state index in [1.165, 1.54) is 0 Å². The van der Waals surface area contributed by atoms with Gasteiger partial charge in [0.15, 0.2) is 6.29 Å². The quantitative estimate of drug-likeness (QED) is 0.567. The van der Waals surface area contributed by atoms with E-state index in [0.29, 0.717) is 0 Å². The molecule has 0 aromatic rings. The Labute approximate surface area is 73.1 Å². The first-order valence-electron chi connectivity index (χ1n) is 4.12. The van der Waals surface area contributed by atoms with E-state index in [0.717, 1.165) is 0 Å². The summed E-state index contributed by atoms with van der Waals surface area (Å²) in [6.07, 6.45) is -0.855. The minimum absolute atomic E-state index is 0.0266.